The Morgan fingerprint density at radius 1 is 1.40 bits per heavy atom. The van der Waals surface area contributed by atoms with Gasteiger partial charge in [-0.05, 0) is 36.8 Å². The second kappa shape index (κ2) is 6.09. The molecule has 0 spiro atoms. The van der Waals surface area contributed by atoms with Crippen LogP contribution in [0.3, 0.4) is 0 Å². The number of hydrogen-bond donors (Lipinski definition) is 4. The molecule has 1 aromatic rings. The maximum atomic E-state index is 13.3. The Morgan fingerprint density at radius 2 is 2.10 bits per heavy atom. The largest absolute Gasteiger partial charge is 0.478 e. The highest BCUT2D eigenvalue weighted by molar-refractivity contribution is 6.00. The molecule has 20 heavy (non-hydrogen) atoms. The van der Waals surface area contributed by atoms with Crippen molar-refractivity contribution < 1.29 is 19.4 Å². The lowest BCUT2D eigenvalue weighted by Gasteiger charge is -2.19. The minimum Gasteiger partial charge on any atom is -0.478 e. The molecule has 0 saturated heterocycles. The molecular formula is C14H19FN2O3. The van der Waals surface area contributed by atoms with E-state index < -0.39 is 11.8 Å². The molecule has 0 amide bonds. The van der Waals surface area contributed by atoms with Gasteiger partial charge in [-0.15, -0.1) is 0 Å². The molecular weight excluding hydrogens is 263 g/mol. The first kappa shape index (κ1) is 14.6. The molecule has 6 heteroatoms. The molecule has 1 fully saturated rings. The average molecular weight is 282 g/mol. The highest BCUT2D eigenvalue weighted by Crippen LogP contribution is 2.32. The summed E-state index contributed by atoms with van der Waals surface area (Å²) in [5.74, 6) is -1.45. The summed E-state index contributed by atoms with van der Waals surface area (Å²) >= 11 is 0. The van der Waals surface area contributed by atoms with Crippen LogP contribution in [0.15, 0.2) is 12.1 Å². The van der Waals surface area contributed by atoms with E-state index in [2.05, 4.69) is 5.32 Å². The van der Waals surface area contributed by atoms with Gasteiger partial charge >= 0.3 is 5.97 Å². The Bertz CT molecular complexity index is 507. The van der Waals surface area contributed by atoms with Crippen LogP contribution in [0, 0.1) is 17.7 Å². The van der Waals surface area contributed by atoms with E-state index in [9.17, 15) is 14.3 Å². The van der Waals surface area contributed by atoms with Crippen LogP contribution in [0.25, 0.3) is 0 Å². The number of nitrogen functional groups attached to an aromatic ring is 1. The van der Waals surface area contributed by atoms with Crippen LogP contribution < -0.4 is 11.1 Å². The van der Waals surface area contributed by atoms with Gasteiger partial charge in [-0.25, -0.2) is 9.18 Å². The van der Waals surface area contributed by atoms with E-state index in [0.717, 1.165) is 25.3 Å². The van der Waals surface area contributed by atoms with Gasteiger partial charge in [-0.1, -0.05) is 6.42 Å². The molecule has 0 aliphatic heterocycles. The van der Waals surface area contributed by atoms with Crippen LogP contribution >= 0.6 is 0 Å². The lowest BCUT2D eigenvalue weighted by atomic mass is 9.96. The first-order valence-corrected chi connectivity index (χ1v) is 6.70. The zero-order chi connectivity index (χ0) is 14.7. The summed E-state index contributed by atoms with van der Waals surface area (Å²) < 4.78 is 13.3. The first-order chi connectivity index (χ1) is 9.54. The van der Waals surface area contributed by atoms with Gasteiger partial charge in [0.15, 0.2) is 0 Å². The number of rotatable bonds is 5. The summed E-state index contributed by atoms with van der Waals surface area (Å²) in [7, 11) is 0. The Balaban J connectivity index is 2.13. The number of carboxylic acids is 1. The number of carboxylic acid groups (broad SMARTS) is 1. The van der Waals surface area contributed by atoms with Crippen LogP contribution in [0.4, 0.5) is 15.8 Å². The molecule has 2 atom stereocenters. The van der Waals surface area contributed by atoms with Gasteiger partial charge in [0.25, 0.3) is 0 Å². The van der Waals surface area contributed by atoms with Gasteiger partial charge in [-0.3, -0.25) is 0 Å². The molecule has 5 N–H and O–H groups in total. The topological polar surface area (TPSA) is 95.6 Å². The summed E-state index contributed by atoms with van der Waals surface area (Å²) in [4.78, 5) is 11.2. The second-order valence-corrected chi connectivity index (χ2v) is 5.20. The first-order valence-electron chi connectivity index (χ1n) is 6.70. The molecule has 2 unspecified atom stereocenters. The molecule has 1 aliphatic rings. The van der Waals surface area contributed by atoms with Gasteiger partial charge in [0.1, 0.15) is 11.4 Å². The maximum absolute atomic E-state index is 13.3. The van der Waals surface area contributed by atoms with Crippen LogP contribution in [-0.2, 0) is 0 Å². The molecule has 1 aliphatic carbocycles. The van der Waals surface area contributed by atoms with Gasteiger partial charge in [0, 0.05) is 13.2 Å². The number of anilines is 2. The summed E-state index contributed by atoms with van der Waals surface area (Å²) in [6.07, 6.45) is 3.05. The summed E-state index contributed by atoms with van der Waals surface area (Å²) in [5.41, 5.74) is 5.22. The molecule has 1 aromatic carbocycles. The number of carbonyl (C=O) groups is 1. The van der Waals surface area contributed by atoms with Crippen molar-refractivity contribution in [3.8, 4) is 0 Å². The second-order valence-electron chi connectivity index (χ2n) is 5.20. The number of nitrogens with one attached hydrogen (secondary N) is 1. The number of aliphatic hydroxyl groups is 1. The number of nitrogens with two attached hydrogens (primary N) is 1. The predicted octanol–water partition coefficient (Wildman–Crippen LogP) is 1.93. The smallest absolute Gasteiger partial charge is 0.340 e. The SMILES string of the molecule is Nc1c(F)ccc(NCC2CCCC2CO)c1C(=O)O. The van der Waals surface area contributed by atoms with Crippen LogP contribution in [0.2, 0.25) is 0 Å². The molecule has 5 nitrogen and oxygen atoms in total. The lowest BCUT2D eigenvalue weighted by Crippen LogP contribution is -2.22. The zero-order valence-electron chi connectivity index (χ0n) is 11.1. The molecule has 1 saturated carbocycles. The molecule has 110 valence electrons. The maximum Gasteiger partial charge on any atom is 0.340 e. The van der Waals surface area contributed by atoms with E-state index in [4.69, 9.17) is 10.8 Å². The molecule has 0 radical (unpaired) electrons. The quantitative estimate of drug-likeness (QED) is 0.619. The fourth-order valence-corrected chi connectivity index (χ4v) is 2.84. The monoisotopic (exact) mass is 282 g/mol. The lowest BCUT2D eigenvalue weighted by molar-refractivity contribution is 0.0698. The van der Waals surface area contributed by atoms with E-state index in [-0.39, 0.29) is 23.8 Å². The highest BCUT2D eigenvalue weighted by atomic mass is 19.1. The minimum absolute atomic E-state index is 0.143. The number of benzene rings is 1. The Morgan fingerprint density at radius 3 is 2.75 bits per heavy atom. The van der Waals surface area contributed by atoms with E-state index >= 15 is 0 Å². The standard InChI is InChI=1S/C14H19FN2O3/c15-10-4-5-11(12(13(10)16)14(19)20)17-6-8-2-1-3-9(8)7-18/h4-5,8-9,17-18H,1-3,6-7,16H2,(H,19,20). The Kier molecular flexibility index (Phi) is 4.44. The van der Waals surface area contributed by atoms with Crippen LogP contribution in [0.5, 0.6) is 0 Å². The normalized spacial score (nSPS) is 21.9. The highest BCUT2D eigenvalue weighted by Gasteiger charge is 2.27. The zero-order valence-corrected chi connectivity index (χ0v) is 11.1. The molecule has 2 rings (SSSR count). The van der Waals surface area contributed by atoms with Gasteiger partial charge in [-0.2, -0.15) is 0 Å². The number of aromatic carboxylic acids is 1. The van der Waals surface area contributed by atoms with Crippen molar-refractivity contribution >= 4 is 17.3 Å². The third-order valence-corrected chi connectivity index (χ3v) is 4.01. The molecule has 0 heterocycles. The number of hydrogen-bond acceptors (Lipinski definition) is 4. The third kappa shape index (κ3) is 2.85. The predicted molar refractivity (Wildman–Crippen MR) is 74.2 cm³/mol. The summed E-state index contributed by atoms with van der Waals surface area (Å²) in [6.45, 7) is 0.695. The van der Waals surface area contributed by atoms with E-state index in [1.165, 1.54) is 6.07 Å². The van der Waals surface area contributed by atoms with Crippen molar-refractivity contribution in [3.63, 3.8) is 0 Å². The van der Waals surface area contributed by atoms with Crippen molar-refractivity contribution in [2.45, 2.75) is 19.3 Å². The molecule has 0 bridgehead atoms. The van der Waals surface area contributed by atoms with E-state index in [0.29, 0.717) is 18.2 Å². The molecule has 0 aromatic heterocycles. The summed E-state index contributed by atoms with van der Waals surface area (Å²) in [6, 6.07) is 2.54. The van der Waals surface area contributed by atoms with E-state index in [1.54, 1.807) is 0 Å². The number of aliphatic hydroxyl groups excluding tert-OH is 1. The van der Waals surface area contributed by atoms with Crippen molar-refractivity contribution in [1.82, 2.24) is 0 Å². The minimum atomic E-state index is -1.25. The fraction of sp³-hybridized carbons (Fsp3) is 0.500. The Hall–Kier alpha value is -1.82. The summed E-state index contributed by atoms with van der Waals surface area (Å²) in [5, 5.41) is 21.4. The van der Waals surface area contributed by atoms with Crippen LogP contribution in [-0.4, -0.2) is 29.3 Å². The average Bonchev–Trinajstić information content (AvgIpc) is 2.87. The fourth-order valence-electron chi connectivity index (χ4n) is 2.84. The van der Waals surface area contributed by atoms with Crippen molar-refractivity contribution in [1.29, 1.82) is 0 Å². The van der Waals surface area contributed by atoms with E-state index in [1.807, 2.05) is 0 Å². The van der Waals surface area contributed by atoms with Crippen molar-refractivity contribution in [2.24, 2.45) is 11.8 Å². The van der Waals surface area contributed by atoms with Gasteiger partial charge in [0.2, 0.25) is 0 Å². The third-order valence-electron chi connectivity index (χ3n) is 4.01. The van der Waals surface area contributed by atoms with Crippen molar-refractivity contribution in [3.05, 3.63) is 23.5 Å². The van der Waals surface area contributed by atoms with Crippen LogP contribution in [0.1, 0.15) is 29.6 Å². The van der Waals surface area contributed by atoms with Gasteiger partial charge < -0.3 is 21.3 Å². The Labute approximate surface area is 116 Å². The van der Waals surface area contributed by atoms with Crippen molar-refractivity contribution in [2.75, 3.05) is 24.2 Å². The van der Waals surface area contributed by atoms with Gasteiger partial charge in [0.05, 0.1) is 11.4 Å². The number of halogens is 1.